The van der Waals surface area contributed by atoms with E-state index in [9.17, 15) is 4.39 Å². The fourth-order valence-electron chi connectivity index (χ4n) is 2.21. The van der Waals surface area contributed by atoms with E-state index in [2.05, 4.69) is 22.7 Å². The Bertz CT molecular complexity index is 651. The lowest BCUT2D eigenvalue weighted by molar-refractivity contribution is 0.628. The van der Waals surface area contributed by atoms with Crippen LogP contribution in [0.4, 0.5) is 10.1 Å². The van der Waals surface area contributed by atoms with Gasteiger partial charge in [0.15, 0.2) is 5.11 Å². The number of anilines is 1. The van der Waals surface area contributed by atoms with Crippen LogP contribution in [0.5, 0.6) is 0 Å². The Hall–Kier alpha value is -1.95. The van der Waals surface area contributed by atoms with Crippen molar-refractivity contribution in [3.05, 3.63) is 47.0 Å². The number of nitrogens with one attached hydrogen (secondary N) is 2. The highest BCUT2D eigenvalue weighted by atomic mass is 32.1. The molecule has 1 aromatic carbocycles. The Morgan fingerprint density at radius 2 is 2.14 bits per heavy atom. The maximum absolute atomic E-state index is 13.1. The van der Waals surface area contributed by atoms with Crippen molar-refractivity contribution < 1.29 is 4.39 Å². The van der Waals surface area contributed by atoms with Gasteiger partial charge < -0.3 is 10.6 Å². The summed E-state index contributed by atoms with van der Waals surface area (Å²) >= 11 is 5.23. The number of hydrogen-bond donors (Lipinski definition) is 2. The van der Waals surface area contributed by atoms with Gasteiger partial charge in [-0.25, -0.2) is 4.39 Å². The number of aryl methyl sites for hydroxylation is 2. The molecule has 0 aliphatic rings. The average molecular weight is 306 g/mol. The first-order chi connectivity index (χ1) is 10.0. The van der Waals surface area contributed by atoms with Gasteiger partial charge in [-0.15, -0.1) is 0 Å². The maximum Gasteiger partial charge on any atom is 0.171 e. The number of nitrogens with zero attached hydrogens (tertiary/aromatic N) is 2. The molecule has 2 N–H and O–H groups in total. The summed E-state index contributed by atoms with van der Waals surface area (Å²) < 4.78 is 15.1. The molecular formula is C15H19FN4S. The molecule has 2 rings (SSSR count). The molecule has 0 aliphatic carbocycles. The smallest absolute Gasteiger partial charge is 0.171 e. The third kappa shape index (κ3) is 3.78. The Morgan fingerprint density at radius 1 is 1.38 bits per heavy atom. The van der Waals surface area contributed by atoms with Crippen molar-refractivity contribution in [1.82, 2.24) is 15.1 Å². The molecule has 1 heterocycles. The van der Waals surface area contributed by atoms with Crippen LogP contribution in [0.1, 0.15) is 23.9 Å². The summed E-state index contributed by atoms with van der Waals surface area (Å²) in [6.07, 6.45) is 0. The quantitative estimate of drug-likeness (QED) is 0.852. The topological polar surface area (TPSA) is 41.9 Å². The Kier molecular flexibility index (Phi) is 4.90. The second-order valence-corrected chi connectivity index (χ2v) is 5.19. The summed E-state index contributed by atoms with van der Waals surface area (Å²) in [4.78, 5) is 0. The largest absolute Gasteiger partial charge is 0.358 e. The molecule has 0 amide bonds. The molecule has 112 valence electrons. The number of halogens is 1. The van der Waals surface area contributed by atoms with Crippen molar-refractivity contribution in [2.75, 3.05) is 5.32 Å². The molecule has 4 nitrogen and oxygen atoms in total. The van der Waals surface area contributed by atoms with Gasteiger partial charge in [0.25, 0.3) is 0 Å². The molecule has 1 aromatic heterocycles. The Balaban J connectivity index is 1.97. The minimum absolute atomic E-state index is 0.293. The van der Waals surface area contributed by atoms with Crippen LogP contribution in [0, 0.1) is 19.7 Å². The van der Waals surface area contributed by atoms with Crippen molar-refractivity contribution >= 4 is 23.0 Å². The molecular weight excluding hydrogens is 287 g/mol. The third-order valence-electron chi connectivity index (χ3n) is 3.34. The van der Waals surface area contributed by atoms with Gasteiger partial charge in [0.05, 0.1) is 5.69 Å². The molecule has 2 aromatic rings. The lowest BCUT2D eigenvalue weighted by Crippen LogP contribution is -2.28. The number of benzene rings is 1. The summed E-state index contributed by atoms with van der Waals surface area (Å²) in [6.45, 7) is 7.53. The highest BCUT2D eigenvalue weighted by Gasteiger charge is 2.10. The van der Waals surface area contributed by atoms with E-state index in [-0.39, 0.29) is 5.82 Å². The molecule has 0 unspecified atom stereocenters. The molecule has 6 heteroatoms. The van der Waals surface area contributed by atoms with E-state index in [4.69, 9.17) is 12.2 Å². The zero-order chi connectivity index (χ0) is 15.4. The van der Waals surface area contributed by atoms with Crippen LogP contribution in [-0.2, 0) is 13.1 Å². The second-order valence-electron chi connectivity index (χ2n) is 4.78. The predicted octanol–water partition coefficient (Wildman–Crippen LogP) is 3.15. The first kappa shape index (κ1) is 15.4. The first-order valence-corrected chi connectivity index (χ1v) is 7.25. The third-order valence-corrected chi connectivity index (χ3v) is 3.59. The fourth-order valence-corrected chi connectivity index (χ4v) is 2.40. The van der Waals surface area contributed by atoms with Crippen molar-refractivity contribution in [3.8, 4) is 0 Å². The molecule has 0 fully saturated rings. The lowest BCUT2D eigenvalue weighted by atomic mass is 10.2. The monoisotopic (exact) mass is 306 g/mol. The van der Waals surface area contributed by atoms with E-state index in [1.165, 1.54) is 12.1 Å². The highest BCUT2D eigenvalue weighted by Crippen LogP contribution is 2.13. The van der Waals surface area contributed by atoms with E-state index < -0.39 is 0 Å². The van der Waals surface area contributed by atoms with Gasteiger partial charge >= 0.3 is 0 Å². The highest BCUT2D eigenvalue weighted by molar-refractivity contribution is 7.80. The molecule has 0 spiro atoms. The van der Waals surface area contributed by atoms with Crippen molar-refractivity contribution in [2.24, 2.45) is 0 Å². The van der Waals surface area contributed by atoms with E-state index in [1.54, 1.807) is 12.1 Å². The summed E-state index contributed by atoms with van der Waals surface area (Å²) in [5.74, 6) is -0.293. The molecule has 0 saturated heterocycles. The van der Waals surface area contributed by atoms with Gasteiger partial charge in [-0.05, 0) is 51.2 Å². The minimum atomic E-state index is -0.293. The van der Waals surface area contributed by atoms with Crippen LogP contribution in [-0.4, -0.2) is 14.9 Å². The molecule has 21 heavy (non-hydrogen) atoms. The fraction of sp³-hybridized carbons (Fsp3) is 0.333. The molecule has 0 atom stereocenters. The van der Waals surface area contributed by atoms with Crippen molar-refractivity contribution in [2.45, 2.75) is 33.9 Å². The lowest BCUT2D eigenvalue weighted by Gasteiger charge is -2.11. The summed E-state index contributed by atoms with van der Waals surface area (Å²) in [5.41, 5.74) is 3.90. The van der Waals surface area contributed by atoms with Crippen molar-refractivity contribution in [3.63, 3.8) is 0 Å². The van der Waals surface area contributed by atoms with Gasteiger partial charge in [0.2, 0.25) is 0 Å². The summed E-state index contributed by atoms with van der Waals surface area (Å²) in [5, 5.41) is 11.0. The van der Waals surface area contributed by atoms with Crippen LogP contribution in [0.3, 0.4) is 0 Å². The van der Waals surface area contributed by atoms with Gasteiger partial charge in [0.1, 0.15) is 5.82 Å². The van der Waals surface area contributed by atoms with Crippen LogP contribution < -0.4 is 10.6 Å². The number of rotatable bonds is 4. The van der Waals surface area contributed by atoms with E-state index in [0.29, 0.717) is 17.3 Å². The standard InChI is InChI=1S/C15H19FN4S/c1-4-20-11(3)14(10(2)19-20)9-17-15(21)18-13-7-5-6-12(16)8-13/h5-8H,4,9H2,1-3H3,(H2,17,18,21). The van der Waals surface area contributed by atoms with E-state index >= 15 is 0 Å². The van der Waals surface area contributed by atoms with Gasteiger partial charge in [-0.2, -0.15) is 5.10 Å². The Morgan fingerprint density at radius 3 is 2.76 bits per heavy atom. The summed E-state index contributed by atoms with van der Waals surface area (Å²) in [7, 11) is 0. The van der Waals surface area contributed by atoms with Crippen molar-refractivity contribution in [1.29, 1.82) is 0 Å². The van der Waals surface area contributed by atoms with Crippen LogP contribution in [0.15, 0.2) is 24.3 Å². The number of aromatic nitrogens is 2. The van der Waals surface area contributed by atoms with Crippen LogP contribution in [0.2, 0.25) is 0 Å². The average Bonchev–Trinajstić information content (AvgIpc) is 2.71. The molecule has 0 aliphatic heterocycles. The minimum Gasteiger partial charge on any atom is -0.358 e. The zero-order valence-electron chi connectivity index (χ0n) is 12.4. The normalized spacial score (nSPS) is 10.5. The second kappa shape index (κ2) is 6.67. The Labute approximate surface area is 129 Å². The van der Waals surface area contributed by atoms with Gasteiger partial charge in [-0.3, -0.25) is 4.68 Å². The first-order valence-electron chi connectivity index (χ1n) is 6.84. The van der Waals surface area contributed by atoms with E-state index in [1.807, 2.05) is 18.5 Å². The van der Waals surface area contributed by atoms with E-state index in [0.717, 1.165) is 23.5 Å². The van der Waals surface area contributed by atoms with Gasteiger partial charge in [-0.1, -0.05) is 6.07 Å². The molecule has 0 bridgehead atoms. The van der Waals surface area contributed by atoms with Crippen LogP contribution >= 0.6 is 12.2 Å². The van der Waals surface area contributed by atoms with Crippen LogP contribution in [0.25, 0.3) is 0 Å². The maximum atomic E-state index is 13.1. The predicted molar refractivity (Wildman–Crippen MR) is 86.8 cm³/mol. The SMILES string of the molecule is CCn1nc(C)c(CNC(=S)Nc2cccc(F)c2)c1C. The number of thiocarbonyl (C=S) groups is 1. The zero-order valence-corrected chi connectivity index (χ0v) is 13.2. The molecule has 0 saturated carbocycles. The molecule has 0 radical (unpaired) electrons. The number of hydrogen-bond acceptors (Lipinski definition) is 2. The summed E-state index contributed by atoms with van der Waals surface area (Å²) in [6, 6.07) is 6.20. The van der Waals surface area contributed by atoms with Gasteiger partial charge in [0, 0.05) is 30.0 Å².